The Morgan fingerprint density at radius 3 is 2.47 bits per heavy atom. The molecule has 0 fully saturated rings. The minimum atomic E-state index is -0.648. The van der Waals surface area contributed by atoms with E-state index in [1.165, 1.54) is 0 Å². The third-order valence-corrected chi connectivity index (χ3v) is 5.29. The molecule has 1 heterocycles. The van der Waals surface area contributed by atoms with Gasteiger partial charge >= 0.3 is 11.9 Å². The topological polar surface area (TPSA) is 109 Å². The summed E-state index contributed by atoms with van der Waals surface area (Å²) >= 11 is 0. The van der Waals surface area contributed by atoms with Gasteiger partial charge in [0.1, 0.15) is 13.3 Å². The number of carbonyl (C=O) groups is 1. The maximum Gasteiger partial charge on any atom is 0.419 e. The van der Waals surface area contributed by atoms with E-state index in [9.17, 15) is 4.79 Å². The average molecular weight is 408 g/mol. The molecule has 1 unspecified atom stereocenters. The number of anilines is 2. The van der Waals surface area contributed by atoms with Crippen molar-refractivity contribution in [3.8, 4) is 0 Å². The van der Waals surface area contributed by atoms with E-state index in [4.69, 9.17) is 11.1 Å². The summed E-state index contributed by atoms with van der Waals surface area (Å²) in [5.74, 6) is 0.497. The molecule has 0 radical (unpaired) electrons. The first-order valence-electron chi connectivity index (χ1n) is 9.95. The predicted molar refractivity (Wildman–Crippen MR) is 125 cm³/mol. The Hall–Kier alpha value is -3.52. The molecule has 0 saturated carbocycles. The zero-order valence-corrected chi connectivity index (χ0v) is 17.9. The van der Waals surface area contributed by atoms with Crippen LogP contribution >= 0.6 is 0 Å². The Morgan fingerprint density at radius 1 is 1.20 bits per heavy atom. The van der Waals surface area contributed by atoms with Gasteiger partial charge in [-0.15, -0.1) is 0 Å². The highest BCUT2D eigenvalue weighted by Gasteiger charge is 2.44. The lowest BCUT2D eigenvalue weighted by Crippen LogP contribution is -2.60. The van der Waals surface area contributed by atoms with Crippen LogP contribution in [0, 0.1) is 6.92 Å². The smallest absolute Gasteiger partial charge is 0.372 e. The first-order valence-corrected chi connectivity index (χ1v) is 9.95. The van der Waals surface area contributed by atoms with Gasteiger partial charge in [0, 0.05) is 30.9 Å². The van der Waals surface area contributed by atoms with E-state index in [0.29, 0.717) is 22.9 Å². The van der Waals surface area contributed by atoms with Gasteiger partial charge in [-0.1, -0.05) is 27.4 Å². The lowest BCUT2D eigenvalue weighted by atomic mass is 10.2. The van der Waals surface area contributed by atoms with Crippen molar-refractivity contribution in [3.05, 3.63) is 48.0 Å². The monoisotopic (exact) mass is 407 g/mol. The molecule has 1 aliphatic heterocycles. The summed E-state index contributed by atoms with van der Waals surface area (Å²) < 4.78 is 0.0925. The van der Waals surface area contributed by atoms with Crippen LogP contribution in [0.5, 0.6) is 0 Å². The van der Waals surface area contributed by atoms with Crippen LogP contribution in [0.3, 0.4) is 0 Å². The Bertz CT molecular complexity index is 1020. The molecule has 2 aromatic rings. The highest BCUT2D eigenvalue weighted by molar-refractivity contribution is 6.64. The Kier molecular flexibility index (Phi) is 5.98. The highest BCUT2D eigenvalue weighted by atomic mass is 16.2. The van der Waals surface area contributed by atoms with Gasteiger partial charge in [0.15, 0.2) is 5.69 Å². The number of primary amides is 1. The van der Waals surface area contributed by atoms with Crippen LogP contribution < -0.4 is 26.0 Å². The number of hydrogen-bond acceptors (Lipinski definition) is 4. The van der Waals surface area contributed by atoms with Crippen LogP contribution in [0.4, 0.5) is 27.5 Å². The largest absolute Gasteiger partial charge is 0.419 e. The minimum Gasteiger partial charge on any atom is -0.372 e. The number of urea groups is 1. The van der Waals surface area contributed by atoms with Gasteiger partial charge in [-0.05, 0) is 39.0 Å². The molecule has 2 aromatic carbocycles. The van der Waals surface area contributed by atoms with E-state index >= 15 is 0 Å². The number of aryl methyl sites for hydroxylation is 1. The summed E-state index contributed by atoms with van der Waals surface area (Å²) in [5.41, 5.74) is 10.1. The summed E-state index contributed by atoms with van der Waals surface area (Å²) in [5, 5.41) is 13.7. The Balaban J connectivity index is 1.98. The summed E-state index contributed by atoms with van der Waals surface area (Å²) in [6.07, 6.45) is 1.65. The van der Waals surface area contributed by atoms with Crippen molar-refractivity contribution in [3.63, 3.8) is 0 Å². The molecule has 30 heavy (non-hydrogen) atoms. The van der Waals surface area contributed by atoms with Crippen LogP contribution in [-0.4, -0.2) is 43.9 Å². The lowest BCUT2D eigenvalue weighted by Gasteiger charge is -2.22. The second-order valence-electron chi connectivity index (χ2n) is 7.28. The number of aliphatic imine (C=N–C) groups is 1. The van der Waals surface area contributed by atoms with Crippen LogP contribution in [0.25, 0.3) is 0 Å². The molecule has 0 aromatic heterocycles. The summed E-state index contributed by atoms with van der Waals surface area (Å²) in [7, 11) is 1.91. The number of nitrogens with zero attached hydrogens (tertiary/aromatic N) is 4. The number of amides is 2. The molecule has 0 bridgehead atoms. The maximum absolute atomic E-state index is 11.5. The normalized spacial score (nSPS) is 19.3. The highest BCUT2D eigenvalue weighted by Crippen LogP contribution is 2.32. The number of nitrogens with two attached hydrogens (primary N) is 2. The number of benzene rings is 2. The van der Waals surface area contributed by atoms with Gasteiger partial charge in [0.2, 0.25) is 5.71 Å². The van der Waals surface area contributed by atoms with Gasteiger partial charge in [-0.25, -0.2) is 15.2 Å². The Labute approximate surface area is 176 Å². The van der Waals surface area contributed by atoms with E-state index in [1.807, 2.05) is 56.4 Å². The van der Waals surface area contributed by atoms with Gasteiger partial charge < -0.3 is 16.0 Å². The molecular weight excluding hydrogens is 378 g/mol. The third kappa shape index (κ3) is 4.08. The van der Waals surface area contributed by atoms with Crippen molar-refractivity contribution < 1.29 is 10.2 Å². The quantitative estimate of drug-likeness (QED) is 0.638. The molecule has 8 heteroatoms. The number of carbonyl (C=O) groups excluding carboxylic acids is 1. The molecule has 1 aliphatic rings. The standard InChI is InChI=1S/C22H27N7O/c1-5-28(6-2)16-9-12-18(19(13-16)27-22(24)30)26-20-14-25-29(4,21(20)23)17-10-7-15(3)8-11-17/h7-14H,5-6H2,1-4H3,(H3-,23,24,25,27,30)/p+2. The lowest BCUT2D eigenvalue weighted by molar-refractivity contribution is -0.121. The van der Waals surface area contributed by atoms with Crippen molar-refractivity contribution in [2.75, 3.05) is 30.4 Å². The average Bonchev–Trinajstić information content (AvgIpc) is 3.00. The molecule has 1 atom stereocenters. The zero-order valence-electron chi connectivity index (χ0n) is 17.9. The van der Waals surface area contributed by atoms with E-state index in [2.05, 4.69) is 34.2 Å². The third-order valence-electron chi connectivity index (χ3n) is 5.29. The number of hydrogen-bond donors (Lipinski definition) is 3. The van der Waals surface area contributed by atoms with Crippen molar-refractivity contribution in [2.24, 2.45) is 15.8 Å². The fraction of sp³-hybridized carbons (Fsp3) is 0.273. The fourth-order valence-electron chi connectivity index (χ4n) is 3.42. The molecule has 3 rings (SSSR count). The number of nitrogens with one attached hydrogen (secondary N) is 1. The van der Waals surface area contributed by atoms with Crippen LogP contribution in [0.2, 0.25) is 0 Å². The second kappa shape index (κ2) is 8.46. The maximum atomic E-state index is 11.5. The van der Waals surface area contributed by atoms with Crippen LogP contribution in [-0.2, 0) is 0 Å². The first-order chi connectivity index (χ1) is 14.3. The van der Waals surface area contributed by atoms with Crippen molar-refractivity contribution in [2.45, 2.75) is 20.8 Å². The summed E-state index contributed by atoms with van der Waals surface area (Å²) in [6, 6.07) is 13.1. The van der Waals surface area contributed by atoms with Crippen LogP contribution in [0.1, 0.15) is 19.4 Å². The van der Waals surface area contributed by atoms with E-state index in [-0.39, 0.29) is 4.59 Å². The number of quaternary nitrogens is 1. The van der Waals surface area contributed by atoms with E-state index < -0.39 is 6.03 Å². The van der Waals surface area contributed by atoms with E-state index in [1.54, 1.807) is 6.21 Å². The van der Waals surface area contributed by atoms with Gasteiger partial charge in [-0.2, -0.15) is 0 Å². The molecule has 0 spiro atoms. The molecular formula is C22H29N7O+2. The minimum absolute atomic E-state index is 0.0925. The molecule has 2 amide bonds. The van der Waals surface area contributed by atoms with Crippen molar-refractivity contribution in [1.29, 1.82) is 0 Å². The van der Waals surface area contributed by atoms with Gasteiger partial charge in [0.05, 0.1) is 11.4 Å². The molecule has 0 aliphatic carbocycles. The molecule has 5 N–H and O–H groups in total. The van der Waals surface area contributed by atoms with Gasteiger partial charge in [0.25, 0.3) is 0 Å². The number of rotatable bonds is 6. The summed E-state index contributed by atoms with van der Waals surface area (Å²) in [4.78, 5) is 18.4. The SMILES string of the molecule is CCN(CC)c1ccc(N=C2C=N[N+](C)(c3ccc(C)cc3)C2=[NH2+])c(NC(N)=O)c1. The molecule has 0 saturated heterocycles. The predicted octanol–water partition coefficient (Wildman–Crippen LogP) is 2.20. The van der Waals surface area contributed by atoms with Crippen molar-refractivity contribution >= 4 is 46.5 Å². The molecule has 156 valence electrons. The Morgan fingerprint density at radius 2 is 1.87 bits per heavy atom. The first kappa shape index (κ1) is 21.2. The number of amidine groups is 1. The summed E-state index contributed by atoms with van der Waals surface area (Å²) in [6.45, 7) is 7.88. The molecule has 8 nitrogen and oxygen atoms in total. The van der Waals surface area contributed by atoms with Crippen LogP contribution in [0.15, 0.2) is 52.6 Å². The van der Waals surface area contributed by atoms with E-state index in [0.717, 1.165) is 30.0 Å². The van der Waals surface area contributed by atoms with Crippen molar-refractivity contribution in [1.82, 2.24) is 4.59 Å². The fourth-order valence-corrected chi connectivity index (χ4v) is 3.42. The second-order valence-corrected chi connectivity index (χ2v) is 7.28. The zero-order chi connectivity index (χ0) is 21.9. The van der Waals surface area contributed by atoms with Gasteiger partial charge in [-0.3, -0.25) is 0 Å².